The smallest absolute Gasteiger partial charge is 0.313 e. The minimum absolute atomic E-state index is 0.113. The summed E-state index contributed by atoms with van der Waals surface area (Å²) in [5.41, 5.74) is 0.948. The fourth-order valence-electron chi connectivity index (χ4n) is 2.28. The number of nitrogens with one attached hydrogen (secondary N) is 1. The van der Waals surface area contributed by atoms with Gasteiger partial charge in [0.25, 0.3) is 0 Å². The third-order valence-corrected chi connectivity index (χ3v) is 3.85. The number of halogens is 1. The summed E-state index contributed by atoms with van der Waals surface area (Å²) in [6.45, 7) is 4.21. The predicted octanol–water partition coefficient (Wildman–Crippen LogP) is 1.30. The molecule has 114 valence electrons. The van der Waals surface area contributed by atoms with E-state index in [0.717, 1.165) is 0 Å². The zero-order valence-corrected chi connectivity index (χ0v) is 12.1. The highest BCUT2D eigenvalue weighted by atomic mass is 19.1. The van der Waals surface area contributed by atoms with Crippen molar-refractivity contribution in [3.63, 3.8) is 0 Å². The molecule has 0 radical (unpaired) electrons. The van der Waals surface area contributed by atoms with E-state index in [1.807, 2.05) is 6.92 Å². The summed E-state index contributed by atoms with van der Waals surface area (Å²) in [7, 11) is 0. The first-order valence-corrected chi connectivity index (χ1v) is 6.93. The van der Waals surface area contributed by atoms with Gasteiger partial charge < -0.3 is 15.3 Å². The number of benzene rings is 1. The lowest BCUT2D eigenvalue weighted by Gasteiger charge is -2.33. The van der Waals surface area contributed by atoms with Crippen molar-refractivity contribution >= 4 is 17.5 Å². The van der Waals surface area contributed by atoms with Crippen molar-refractivity contribution in [2.75, 3.05) is 18.4 Å². The number of aliphatic hydroxyl groups excluding tert-OH is 1. The predicted molar refractivity (Wildman–Crippen MR) is 76.1 cm³/mol. The van der Waals surface area contributed by atoms with E-state index < -0.39 is 23.7 Å². The lowest BCUT2D eigenvalue weighted by atomic mass is 9.96. The number of aryl methyl sites for hydroxylation is 1. The van der Waals surface area contributed by atoms with Crippen LogP contribution in [0, 0.1) is 18.7 Å². The zero-order chi connectivity index (χ0) is 15.6. The van der Waals surface area contributed by atoms with E-state index in [0.29, 0.717) is 18.5 Å². The maximum atomic E-state index is 13.2. The van der Waals surface area contributed by atoms with E-state index in [-0.39, 0.29) is 18.2 Å². The van der Waals surface area contributed by atoms with Crippen LogP contribution in [0.2, 0.25) is 0 Å². The van der Waals surface area contributed by atoms with Crippen LogP contribution < -0.4 is 5.32 Å². The van der Waals surface area contributed by atoms with Crippen molar-refractivity contribution in [1.82, 2.24) is 4.90 Å². The number of piperidine rings is 1. The Hall–Kier alpha value is -1.95. The molecule has 1 fully saturated rings. The lowest BCUT2D eigenvalue weighted by Crippen LogP contribution is -2.49. The molecule has 21 heavy (non-hydrogen) atoms. The number of rotatable bonds is 1. The van der Waals surface area contributed by atoms with Crippen LogP contribution in [0.4, 0.5) is 10.1 Å². The molecule has 2 N–H and O–H groups in total. The van der Waals surface area contributed by atoms with E-state index in [9.17, 15) is 19.1 Å². The third kappa shape index (κ3) is 3.58. The largest absolute Gasteiger partial charge is 0.391 e. The highest BCUT2D eigenvalue weighted by Gasteiger charge is 2.30. The van der Waals surface area contributed by atoms with Gasteiger partial charge in [-0.3, -0.25) is 9.59 Å². The molecule has 1 aromatic carbocycles. The van der Waals surface area contributed by atoms with Crippen molar-refractivity contribution in [1.29, 1.82) is 0 Å². The second-order valence-electron chi connectivity index (χ2n) is 5.50. The van der Waals surface area contributed by atoms with Gasteiger partial charge in [-0.25, -0.2) is 4.39 Å². The molecule has 2 atom stereocenters. The molecule has 2 unspecified atom stereocenters. The van der Waals surface area contributed by atoms with Crippen LogP contribution in [0.15, 0.2) is 18.2 Å². The maximum Gasteiger partial charge on any atom is 0.313 e. The first kappa shape index (κ1) is 15.4. The van der Waals surface area contributed by atoms with Crippen molar-refractivity contribution in [2.45, 2.75) is 26.4 Å². The van der Waals surface area contributed by atoms with Gasteiger partial charge in [-0.1, -0.05) is 13.0 Å². The molecule has 1 aliphatic rings. The van der Waals surface area contributed by atoms with E-state index in [1.165, 1.54) is 23.1 Å². The third-order valence-electron chi connectivity index (χ3n) is 3.85. The molecule has 1 aromatic rings. The molecule has 0 bridgehead atoms. The minimum atomic E-state index is -0.814. The van der Waals surface area contributed by atoms with Crippen LogP contribution in [0.3, 0.4) is 0 Å². The fraction of sp³-hybridized carbons (Fsp3) is 0.467. The summed E-state index contributed by atoms with van der Waals surface area (Å²) in [5, 5.41) is 12.2. The van der Waals surface area contributed by atoms with Crippen LogP contribution in [-0.2, 0) is 9.59 Å². The van der Waals surface area contributed by atoms with Crippen molar-refractivity contribution in [3.05, 3.63) is 29.6 Å². The number of amides is 2. The molecule has 0 saturated carbocycles. The van der Waals surface area contributed by atoms with Gasteiger partial charge in [0.2, 0.25) is 0 Å². The molecular weight excluding hydrogens is 275 g/mol. The van der Waals surface area contributed by atoms with Crippen LogP contribution in [0.1, 0.15) is 18.9 Å². The van der Waals surface area contributed by atoms with E-state index in [4.69, 9.17) is 0 Å². The van der Waals surface area contributed by atoms with Crippen LogP contribution >= 0.6 is 0 Å². The summed E-state index contributed by atoms with van der Waals surface area (Å²) in [5.74, 6) is -1.89. The van der Waals surface area contributed by atoms with E-state index >= 15 is 0 Å². The highest BCUT2D eigenvalue weighted by Crippen LogP contribution is 2.19. The Labute approximate surface area is 122 Å². The fourth-order valence-corrected chi connectivity index (χ4v) is 2.28. The number of likely N-dealkylation sites (tertiary alicyclic amines) is 1. The van der Waals surface area contributed by atoms with Gasteiger partial charge in [0.05, 0.1) is 6.10 Å². The number of anilines is 1. The SMILES string of the molecule is Cc1ccc(F)cc1NC(=O)C(=O)N1CCC(C)C(O)C1. The van der Waals surface area contributed by atoms with Gasteiger partial charge in [-0.2, -0.15) is 0 Å². The number of β-amino-alcohol motifs (C(OH)–C–C–N with tert-alkyl or cyclic N) is 1. The Morgan fingerprint density at radius 3 is 2.81 bits per heavy atom. The zero-order valence-electron chi connectivity index (χ0n) is 12.1. The summed E-state index contributed by atoms with van der Waals surface area (Å²) in [6.07, 6.45) is 0.0329. The molecule has 2 amide bonds. The Kier molecular flexibility index (Phi) is 4.57. The lowest BCUT2D eigenvalue weighted by molar-refractivity contribution is -0.146. The number of aliphatic hydroxyl groups is 1. The summed E-state index contributed by atoms with van der Waals surface area (Å²) < 4.78 is 13.2. The van der Waals surface area contributed by atoms with Gasteiger partial charge in [0.15, 0.2) is 0 Å². The Bertz CT molecular complexity index is 562. The molecule has 1 aliphatic heterocycles. The van der Waals surface area contributed by atoms with Crippen molar-refractivity contribution in [3.8, 4) is 0 Å². The first-order chi connectivity index (χ1) is 9.88. The highest BCUT2D eigenvalue weighted by molar-refractivity contribution is 6.39. The van der Waals surface area contributed by atoms with Gasteiger partial charge in [-0.05, 0) is 37.0 Å². The van der Waals surface area contributed by atoms with E-state index in [1.54, 1.807) is 6.92 Å². The summed E-state index contributed by atoms with van der Waals surface area (Å²) >= 11 is 0. The minimum Gasteiger partial charge on any atom is -0.391 e. The second kappa shape index (κ2) is 6.22. The molecule has 2 rings (SSSR count). The number of carbonyl (C=O) groups excluding carboxylic acids is 2. The molecule has 0 aliphatic carbocycles. The standard InChI is InChI=1S/C15H19FN2O3/c1-9-3-4-11(16)7-12(9)17-14(20)15(21)18-6-5-10(2)13(19)8-18/h3-4,7,10,13,19H,5-6,8H2,1-2H3,(H,17,20). The van der Waals surface area contributed by atoms with Crippen molar-refractivity contribution < 1.29 is 19.1 Å². The molecule has 6 heteroatoms. The maximum absolute atomic E-state index is 13.2. The van der Waals surface area contributed by atoms with Crippen LogP contribution in [0.25, 0.3) is 0 Å². The average molecular weight is 294 g/mol. The van der Waals surface area contributed by atoms with Crippen LogP contribution in [0.5, 0.6) is 0 Å². The number of nitrogens with zero attached hydrogens (tertiary/aromatic N) is 1. The molecule has 1 heterocycles. The number of hydrogen-bond donors (Lipinski definition) is 2. The van der Waals surface area contributed by atoms with Gasteiger partial charge in [0.1, 0.15) is 5.82 Å². The second-order valence-corrected chi connectivity index (χ2v) is 5.50. The Balaban J connectivity index is 2.03. The topological polar surface area (TPSA) is 69.6 Å². The normalized spacial score (nSPS) is 22.0. The molecule has 5 nitrogen and oxygen atoms in total. The first-order valence-electron chi connectivity index (χ1n) is 6.93. The van der Waals surface area contributed by atoms with Gasteiger partial charge in [-0.15, -0.1) is 0 Å². The Morgan fingerprint density at radius 1 is 1.43 bits per heavy atom. The quantitative estimate of drug-likeness (QED) is 0.767. The van der Waals surface area contributed by atoms with Gasteiger partial charge in [0, 0.05) is 18.8 Å². The molecular formula is C15H19FN2O3. The average Bonchev–Trinajstić information content (AvgIpc) is 2.45. The van der Waals surface area contributed by atoms with Gasteiger partial charge >= 0.3 is 11.8 Å². The monoisotopic (exact) mass is 294 g/mol. The summed E-state index contributed by atoms with van der Waals surface area (Å²) in [6, 6.07) is 3.99. The Morgan fingerprint density at radius 2 is 2.14 bits per heavy atom. The molecule has 0 spiro atoms. The number of carbonyl (C=O) groups is 2. The summed E-state index contributed by atoms with van der Waals surface area (Å²) in [4.78, 5) is 25.3. The molecule has 0 aromatic heterocycles. The van der Waals surface area contributed by atoms with Crippen molar-refractivity contribution in [2.24, 2.45) is 5.92 Å². The molecule has 1 saturated heterocycles. The van der Waals surface area contributed by atoms with E-state index in [2.05, 4.69) is 5.32 Å². The van der Waals surface area contributed by atoms with Crippen LogP contribution in [-0.4, -0.2) is 41.0 Å². The number of hydrogen-bond acceptors (Lipinski definition) is 3.